The first-order chi connectivity index (χ1) is 22.4. The van der Waals surface area contributed by atoms with Crippen LogP contribution in [0.4, 0.5) is 0 Å². The average Bonchev–Trinajstić information content (AvgIpc) is 2.94. The van der Waals surface area contributed by atoms with Gasteiger partial charge in [-0.1, -0.05) is 6.08 Å². The predicted molar refractivity (Wildman–Crippen MR) is 158 cm³/mol. The lowest BCUT2D eigenvalue weighted by Gasteiger charge is -2.50. The van der Waals surface area contributed by atoms with Crippen LogP contribution >= 0.6 is 0 Å². The number of esters is 5. The third kappa shape index (κ3) is 11.8. The van der Waals surface area contributed by atoms with Crippen molar-refractivity contribution in [3.05, 3.63) is 12.7 Å². The van der Waals surface area contributed by atoms with Crippen molar-refractivity contribution >= 4 is 41.7 Å². The van der Waals surface area contributed by atoms with Crippen LogP contribution in [0, 0.1) is 0 Å². The number of carbonyl (C=O) groups is 7. The molecule has 0 radical (unpaired) electrons. The highest BCUT2D eigenvalue weighted by Gasteiger charge is 2.57. The summed E-state index contributed by atoms with van der Waals surface area (Å²) in [5.41, 5.74) is 0. The number of ether oxygens (including phenoxy) is 9. The molecule has 2 rings (SSSR count). The minimum absolute atomic E-state index is 0.0660. The van der Waals surface area contributed by atoms with Crippen LogP contribution in [0.1, 0.15) is 55.4 Å². The van der Waals surface area contributed by atoms with Crippen LogP contribution < -0.4 is 10.6 Å². The molecule has 2 N–H and O–H groups in total. The maximum absolute atomic E-state index is 12.5. The zero-order valence-electron chi connectivity index (χ0n) is 28.1. The third-order valence-electron chi connectivity index (χ3n) is 6.81. The Bertz CT molecular complexity index is 1210. The second kappa shape index (κ2) is 18.4. The summed E-state index contributed by atoms with van der Waals surface area (Å²) in [6.45, 7) is 12.4. The molecule has 0 aromatic rings. The Morgan fingerprint density at radius 2 is 1.19 bits per heavy atom. The fourth-order valence-corrected chi connectivity index (χ4v) is 5.31. The summed E-state index contributed by atoms with van der Waals surface area (Å²) in [4.78, 5) is 85.5. The molecule has 18 nitrogen and oxygen atoms in total. The lowest BCUT2D eigenvalue weighted by Crippen LogP contribution is -2.71. The van der Waals surface area contributed by atoms with Gasteiger partial charge in [-0.3, -0.25) is 33.6 Å². The molecule has 270 valence electrons. The Hall–Kier alpha value is -4.13. The number of hydrogen-bond acceptors (Lipinski definition) is 16. The summed E-state index contributed by atoms with van der Waals surface area (Å²) in [5.74, 6) is -5.10. The highest BCUT2D eigenvalue weighted by atomic mass is 16.7. The van der Waals surface area contributed by atoms with Crippen LogP contribution in [-0.2, 0) is 76.2 Å². The lowest BCUT2D eigenvalue weighted by atomic mass is 9.92. The zero-order valence-corrected chi connectivity index (χ0v) is 28.1. The van der Waals surface area contributed by atoms with E-state index in [4.69, 9.17) is 42.6 Å². The summed E-state index contributed by atoms with van der Waals surface area (Å²) in [6, 6.07) is -2.64. The van der Waals surface area contributed by atoms with Gasteiger partial charge in [-0.05, 0) is 6.92 Å². The monoisotopic (exact) mass is 688 g/mol. The molecule has 2 aliphatic rings. The first kappa shape index (κ1) is 40.0. The first-order valence-electron chi connectivity index (χ1n) is 15.0. The number of amides is 2. The van der Waals surface area contributed by atoms with Gasteiger partial charge >= 0.3 is 29.8 Å². The van der Waals surface area contributed by atoms with Crippen LogP contribution in [0.15, 0.2) is 12.7 Å². The van der Waals surface area contributed by atoms with Gasteiger partial charge in [-0.2, -0.15) is 0 Å². The van der Waals surface area contributed by atoms with Gasteiger partial charge in [0, 0.05) is 48.5 Å². The van der Waals surface area contributed by atoms with E-state index in [0.717, 1.165) is 41.5 Å². The molecule has 2 fully saturated rings. The van der Waals surface area contributed by atoms with Crippen molar-refractivity contribution in [1.82, 2.24) is 10.6 Å². The Balaban J connectivity index is 2.77. The van der Waals surface area contributed by atoms with Crippen LogP contribution in [0.25, 0.3) is 0 Å². The largest absolute Gasteiger partial charge is 0.463 e. The molecule has 0 unspecified atom stereocenters. The summed E-state index contributed by atoms with van der Waals surface area (Å²) in [5, 5.41) is 5.20. The standard InChI is InChI=1S/C30H44N2O16/c1-10-11-40-29-22(31-14(3)33)27(45-20(9)39)28(24(47-29)13(2)42-17(6)36)48-30-23(32-15(4)34)26(44-19(8)38)25(43-18(7)37)21(46-30)12-41-16(5)35/h10,13,21-30H,1,11-12H2,2-9H3,(H,31,33)(H,32,34)/t13-,21-,22-,23-,24-,25-,26-,27-,28-,29-,30+/m1/s1. The number of hydrogen-bond donors (Lipinski definition) is 2. The van der Waals surface area contributed by atoms with Gasteiger partial charge in [0.15, 0.2) is 30.9 Å². The number of carbonyl (C=O) groups excluding carboxylic acids is 7. The molecule has 0 aromatic carbocycles. The van der Waals surface area contributed by atoms with Crippen molar-refractivity contribution in [2.45, 2.75) is 123 Å². The molecule has 2 heterocycles. The van der Waals surface area contributed by atoms with Crippen LogP contribution in [0.2, 0.25) is 0 Å². The van der Waals surface area contributed by atoms with Gasteiger partial charge in [0.1, 0.15) is 43.1 Å². The molecule has 2 aliphatic heterocycles. The molecule has 2 amide bonds. The molecular weight excluding hydrogens is 644 g/mol. The Labute approximate surface area is 277 Å². The predicted octanol–water partition coefficient (Wildman–Crippen LogP) is -0.657. The van der Waals surface area contributed by atoms with Crippen LogP contribution in [0.5, 0.6) is 0 Å². The van der Waals surface area contributed by atoms with Crippen molar-refractivity contribution in [2.75, 3.05) is 13.2 Å². The third-order valence-corrected chi connectivity index (χ3v) is 6.81. The molecule has 0 aromatic heterocycles. The molecule has 0 spiro atoms. The topological polar surface area (TPSA) is 227 Å². The lowest BCUT2D eigenvalue weighted by molar-refractivity contribution is -0.338. The molecule has 0 saturated carbocycles. The summed E-state index contributed by atoms with van der Waals surface area (Å²) in [6.07, 6.45) is -11.1. The summed E-state index contributed by atoms with van der Waals surface area (Å²) in [7, 11) is 0. The number of nitrogens with one attached hydrogen (secondary N) is 2. The highest BCUT2D eigenvalue weighted by Crippen LogP contribution is 2.35. The van der Waals surface area contributed by atoms with Crippen LogP contribution in [-0.4, -0.2) is 122 Å². The maximum Gasteiger partial charge on any atom is 0.303 e. The molecule has 0 bridgehead atoms. The van der Waals surface area contributed by atoms with Crippen molar-refractivity contribution in [3.63, 3.8) is 0 Å². The highest BCUT2D eigenvalue weighted by molar-refractivity contribution is 5.74. The van der Waals surface area contributed by atoms with Crippen molar-refractivity contribution in [1.29, 1.82) is 0 Å². The minimum Gasteiger partial charge on any atom is -0.463 e. The molecule has 48 heavy (non-hydrogen) atoms. The number of rotatable bonds is 14. The second-order valence-electron chi connectivity index (χ2n) is 11.0. The van der Waals surface area contributed by atoms with Gasteiger partial charge in [-0.25, -0.2) is 0 Å². The van der Waals surface area contributed by atoms with Crippen molar-refractivity contribution < 1.29 is 76.2 Å². The molecule has 2 saturated heterocycles. The van der Waals surface area contributed by atoms with E-state index in [9.17, 15) is 33.6 Å². The Kier molecular flexibility index (Phi) is 15.4. The van der Waals surface area contributed by atoms with Gasteiger partial charge in [0.25, 0.3) is 0 Å². The van der Waals surface area contributed by atoms with E-state index >= 15 is 0 Å². The van der Waals surface area contributed by atoms with Gasteiger partial charge in [0.2, 0.25) is 11.8 Å². The zero-order chi connectivity index (χ0) is 36.3. The van der Waals surface area contributed by atoms with Gasteiger partial charge in [0.05, 0.1) is 6.61 Å². The van der Waals surface area contributed by atoms with E-state index in [1.807, 2.05) is 0 Å². The van der Waals surface area contributed by atoms with E-state index in [1.165, 1.54) is 19.9 Å². The van der Waals surface area contributed by atoms with Crippen molar-refractivity contribution in [2.24, 2.45) is 0 Å². The molecular formula is C30H44N2O16. The summed E-state index contributed by atoms with van der Waals surface area (Å²) >= 11 is 0. The van der Waals surface area contributed by atoms with E-state index in [-0.39, 0.29) is 6.61 Å². The molecule has 0 aliphatic carbocycles. The minimum atomic E-state index is -1.65. The summed E-state index contributed by atoms with van der Waals surface area (Å²) < 4.78 is 51.6. The van der Waals surface area contributed by atoms with Crippen LogP contribution in [0.3, 0.4) is 0 Å². The van der Waals surface area contributed by atoms with E-state index in [0.29, 0.717) is 0 Å². The normalized spacial score (nSPS) is 30.4. The SMILES string of the molecule is C=CCO[C@@H]1O[C@H]([C@@H](C)OC(C)=O)[C@@H](O[C@@H]2O[C@H](COC(C)=O)[C@@H](OC(C)=O)[C@H](OC(C)=O)[C@H]2NC(C)=O)[C@H](OC(C)=O)[C@H]1NC(C)=O. The molecule has 11 atom stereocenters. The van der Waals surface area contributed by atoms with Gasteiger partial charge in [-0.15, -0.1) is 6.58 Å². The second-order valence-corrected chi connectivity index (χ2v) is 11.0. The first-order valence-corrected chi connectivity index (χ1v) is 15.0. The Morgan fingerprint density at radius 3 is 1.65 bits per heavy atom. The fraction of sp³-hybridized carbons (Fsp3) is 0.700. The van der Waals surface area contributed by atoms with Crippen molar-refractivity contribution in [3.8, 4) is 0 Å². The maximum atomic E-state index is 12.5. The quantitative estimate of drug-likeness (QED) is 0.131. The molecule has 18 heteroatoms. The Morgan fingerprint density at radius 1 is 0.688 bits per heavy atom. The van der Waals surface area contributed by atoms with E-state index < -0.39 is 116 Å². The van der Waals surface area contributed by atoms with Gasteiger partial charge < -0.3 is 53.3 Å². The smallest absolute Gasteiger partial charge is 0.303 e. The average molecular weight is 689 g/mol. The van der Waals surface area contributed by atoms with E-state index in [2.05, 4.69) is 17.2 Å². The van der Waals surface area contributed by atoms with E-state index in [1.54, 1.807) is 0 Å². The fourth-order valence-electron chi connectivity index (χ4n) is 5.31.